The van der Waals surface area contributed by atoms with Crippen LogP contribution in [-0.2, 0) is 7.05 Å². The monoisotopic (exact) mass is 246 g/mol. The predicted molar refractivity (Wildman–Crippen MR) is 75.8 cm³/mol. The topological polar surface area (TPSA) is 37.2 Å². The van der Waals surface area contributed by atoms with E-state index >= 15 is 0 Å². The molecule has 0 fully saturated rings. The SMILES string of the molecule is Cc1c(C(CO)NC(C)C)c2ccccc2n1C. The van der Waals surface area contributed by atoms with Crippen molar-refractivity contribution in [2.45, 2.75) is 32.9 Å². The van der Waals surface area contributed by atoms with Gasteiger partial charge in [-0.15, -0.1) is 0 Å². The van der Waals surface area contributed by atoms with E-state index < -0.39 is 0 Å². The summed E-state index contributed by atoms with van der Waals surface area (Å²) in [5.41, 5.74) is 3.64. The van der Waals surface area contributed by atoms with Crippen LogP contribution in [0.4, 0.5) is 0 Å². The van der Waals surface area contributed by atoms with Gasteiger partial charge in [0.15, 0.2) is 0 Å². The summed E-state index contributed by atoms with van der Waals surface area (Å²) in [4.78, 5) is 0. The summed E-state index contributed by atoms with van der Waals surface area (Å²) in [6.07, 6.45) is 0. The number of aliphatic hydroxyl groups excluding tert-OH is 1. The van der Waals surface area contributed by atoms with E-state index in [4.69, 9.17) is 0 Å². The second-order valence-electron chi connectivity index (χ2n) is 5.13. The van der Waals surface area contributed by atoms with Gasteiger partial charge in [0.2, 0.25) is 0 Å². The van der Waals surface area contributed by atoms with Crippen molar-refractivity contribution >= 4 is 10.9 Å². The molecule has 1 aromatic carbocycles. The Bertz CT molecular complexity index is 543. The van der Waals surface area contributed by atoms with Crippen molar-refractivity contribution in [2.75, 3.05) is 6.61 Å². The van der Waals surface area contributed by atoms with Gasteiger partial charge in [0.25, 0.3) is 0 Å². The average Bonchev–Trinajstić information content (AvgIpc) is 2.60. The molecule has 2 N–H and O–H groups in total. The number of aliphatic hydroxyl groups is 1. The van der Waals surface area contributed by atoms with E-state index in [1.165, 1.54) is 22.2 Å². The van der Waals surface area contributed by atoms with E-state index in [0.717, 1.165) is 0 Å². The van der Waals surface area contributed by atoms with Gasteiger partial charge in [-0.05, 0) is 18.6 Å². The number of aromatic nitrogens is 1. The van der Waals surface area contributed by atoms with Crippen LogP contribution in [0.25, 0.3) is 10.9 Å². The minimum Gasteiger partial charge on any atom is -0.394 e. The van der Waals surface area contributed by atoms with Gasteiger partial charge in [0.05, 0.1) is 12.6 Å². The summed E-state index contributed by atoms with van der Waals surface area (Å²) in [5, 5.41) is 14.3. The first-order valence-electron chi connectivity index (χ1n) is 6.47. The van der Waals surface area contributed by atoms with Crippen LogP contribution in [0.2, 0.25) is 0 Å². The number of rotatable bonds is 4. The fraction of sp³-hybridized carbons (Fsp3) is 0.467. The maximum absolute atomic E-state index is 9.65. The van der Waals surface area contributed by atoms with Crippen molar-refractivity contribution in [3.63, 3.8) is 0 Å². The lowest BCUT2D eigenvalue weighted by atomic mass is 10.0. The van der Waals surface area contributed by atoms with Gasteiger partial charge in [-0.3, -0.25) is 0 Å². The molecular formula is C15H22N2O. The molecular weight excluding hydrogens is 224 g/mol. The molecule has 0 amide bonds. The number of para-hydroxylation sites is 1. The number of hydrogen-bond donors (Lipinski definition) is 2. The lowest BCUT2D eigenvalue weighted by Crippen LogP contribution is -2.30. The Morgan fingerprint density at radius 2 is 1.94 bits per heavy atom. The first-order chi connectivity index (χ1) is 8.56. The first kappa shape index (κ1) is 13.1. The molecule has 1 atom stereocenters. The van der Waals surface area contributed by atoms with Crippen molar-refractivity contribution in [1.82, 2.24) is 9.88 Å². The molecule has 2 rings (SSSR count). The average molecular weight is 246 g/mol. The van der Waals surface area contributed by atoms with Crippen molar-refractivity contribution in [2.24, 2.45) is 7.05 Å². The third-order valence-electron chi connectivity index (χ3n) is 3.51. The molecule has 1 unspecified atom stereocenters. The maximum atomic E-state index is 9.65. The lowest BCUT2D eigenvalue weighted by Gasteiger charge is -2.20. The molecule has 0 spiro atoms. The number of hydrogen-bond acceptors (Lipinski definition) is 2. The Kier molecular flexibility index (Phi) is 3.73. The van der Waals surface area contributed by atoms with E-state index in [1.807, 2.05) is 0 Å². The van der Waals surface area contributed by atoms with Crippen LogP contribution in [0.1, 0.15) is 31.1 Å². The molecule has 3 heteroatoms. The number of benzene rings is 1. The summed E-state index contributed by atoms with van der Waals surface area (Å²) in [6, 6.07) is 8.69. The second kappa shape index (κ2) is 5.12. The van der Waals surface area contributed by atoms with Gasteiger partial charge in [0, 0.05) is 29.7 Å². The maximum Gasteiger partial charge on any atom is 0.0627 e. The third-order valence-corrected chi connectivity index (χ3v) is 3.51. The van der Waals surface area contributed by atoms with Gasteiger partial charge in [-0.1, -0.05) is 32.0 Å². The highest BCUT2D eigenvalue weighted by molar-refractivity contribution is 5.86. The van der Waals surface area contributed by atoms with E-state index in [9.17, 15) is 5.11 Å². The summed E-state index contributed by atoms with van der Waals surface area (Å²) in [5.74, 6) is 0. The normalized spacial score (nSPS) is 13.4. The number of fused-ring (bicyclic) bond motifs is 1. The van der Waals surface area contributed by atoms with Crippen molar-refractivity contribution in [3.05, 3.63) is 35.5 Å². The van der Waals surface area contributed by atoms with Crippen LogP contribution < -0.4 is 5.32 Å². The van der Waals surface area contributed by atoms with E-state index in [1.54, 1.807) is 0 Å². The fourth-order valence-corrected chi connectivity index (χ4v) is 2.62. The molecule has 1 heterocycles. The number of nitrogens with zero attached hydrogens (tertiary/aromatic N) is 1. The molecule has 0 saturated heterocycles. The van der Waals surface area contributed by atoms with Crippen molar-refractivity contribution in [1.29, 1.82) is 0 Å². The second-order valence-corrected chi connectivity index (χ2v) is 5.13. The standard InChI is InChI=1S/C15H22N2O/c1-10(2)16-13(9-18)15-11(3)17(4)14-8-6-5-7-12(14)15/h5-8,10,13,16,18H,9H2,1-4H3. The molecule has 0 saturated carbocycles. The zero-order valence-electron chi connectivity index (χ0n) is 11.6. The molecule has 0 bridgehead atoms. The van der Waals surface area contributed by atoms with Crippen LogP contribution in [0.15, 0.2) is 24.3 Å². The zero-order chi connectivity index (χ0) is 13.3. The Morgan fingerprint density at radius 1 is 1.28 bits per heavy atom. The third kappa shape index (κ3) is 2.16. The number of aryl methyl sites for hydroxylation is 1. The molecule has 0 aliphatic heterocycles. The summed E-state index contributed by atoms with van der Waals surface area (Å²) in [6.45, 7) is 6.43. The van der Waals surface area contributed by atoms with Gasteiger partial charge < -0.3 is 15.0 Å². The Morgan fingerprint density at radius 3 is 2.56 bits per heavy atom. The van der Waals surface area contributed by atoms with Crippen LogP contribution >= 0.6 is 0 Å². The molecule has 98 valence electrons. The molecule has 0 aliphatic rings. The predicted octanol–water partition coefficient (Wildman–Crippen LogP) is 2.52. The van der Waals surface area contributed by atoms with Crippen LogP contribution in [0, 0.1) is 6.92 Å². The molecule has 0 aliphatic carbocycles. The van der Waals surface area contributed by atoms with Crippen LogP contribution in [-0.4, -0.2) is 22.3 Å². The fourth-order valence-electron chi connectivity index (χ4n) is 2.62. The minimum absolute atomic E-state index is 0.00361. The lowest BCUT2D eigenvalue weighted by molar-refractivity contribution is 0.237. The summed E-state index contributed by atoms with van der Waals surface area (Å²) in [7, 11) is 2.07. The quantitative estimate of drug-likeness (QED) is 0.870. The van der Waals surface area contributed by atoms with Crippen LogP contribution in [0.5, 0.6) is 0 Å². The Labute approximate surface area is 108 Å². The zero-order valence-corrected chi connectivity index (χ0v) is 11.6. The van der Waals surface area contributed by atoms with Gasteiger partial charge in [-0.25, -0.2) is 0 Å². The van der Waals surface area contributed by atoms with Crippen molar-refractivity contribution < 1.29 is 5.11 Å². The van der Waals surface area contributed by atoms with E-state index in [0.29, 0.717) is 6.04 Å². The Hall–Kier alpha value is -1.32. The van der Waals surface area contributed by atoms with E-state index in [-0.39, 0.29) is 12.6 Å². The molecule has 2 aromatic rings. The molecule has 1 aromatic heterocycles. The molecule has 0 radical (unpaired) electrons. The largest absolute Gasteiger partial charge is 0.394 e. The molecule has 18 heavy (non-hydrogen) atoms. The van der Waals surface area contributed by atoms with Crippen molar-refractivity contribution in [3.8, 4) is 0 Å². The van der Waals surface area contributed by atoms with Gasteiger partial charge in [0.1, 0.15) is 0 Å². The smallest absolute Gasteiger partial charge is 0.0627 e. The number of nitrogens with one attached hydrogen (secondary N) is 1. The summed E-state index contributed by atoms with van der Waals surface area (Å²) >= 11 is 0. The van der Waals surface area contributed by atoms with Crippen LogP contribution in [0.3, 0.4) is 0 Å². The Balaban J connectivity index is 2.58. The highest BCUT2D eigenvalue weighted by Gasteiger charge is 2.20. The van der Waals surface area contributed by atoms with E-state index in [2.05, 4.69) is 62.0 Å². The van der Waals surface area contributed by atoms with Gasteiger partial charge >= 0.3 is 0 Å². The van der Waals surface area contributed by atoms with Gasteiger partial charge in [-0.2, -0.15) is 0 Å². The minimum atomic E-state index is -0.00361. The first-order valence-corrected chi connectivity index (χ1v) is 6.47. The molecule has 3 nitrogen and oxygen atoms in total. The highest BCUT2D eigenvalue weighted by Crippen LogP contribution is 2.30. The summed E-state index contributed by atoms with van der Waals surface area (Å²) < 4.78 is 2.19. The highest BCUT2D eigenvalue weighted by atomic mass is 16.3.